The zero-order chi connectivity index (χ0) is 17.2. The molecule has 132 valence electrons. The number of nitrogens with one attached hydrogen (secondary N) is 2. The lowest BCUT2D eigenvalue weighted by molar-refractivity contribution is -0.138. The summed E-state index contributed by atoms with van der Waals surface area (Å²) in [7, 11) is 0. The van der Waals surface area contributed by atoms with Gasteiger partial charge < -0.3 is 10.2 Å². The van der Waals surface area contributed by atoms with Gasteiger partial charge in [0.25, 0.3) is 0 Å². The minimum atomic E-state index is 0.132. The Morgan fingerprint density at radius 3 is 2.56 bits per heavy atom. The molecule has 0 bridgehead atoms. The van der Waals surface area contributed by atoms with Gasteiger partial charge in [0.05, 0.1) is 0 Å². The van der Waals surface area contributed by atoms with Crippen LogP contribution in [0.15, 0.2) is 30.3 Å². The normalized spacial score (nSPS) is 20.3. The first-order valence-electron chi connectivity index (χ1n) is 9.19. The van der Waals surface area contributed by atoms with Crippen molar-refractivity contribution in [2.45, 2.75) is 25.7 Å². The van der Waals surface area contributed by atoms with Gasteiger partial charge in [0, 0.05) is 30.5 Å². The number of H-pyrrole nitrogens is 1. The third-order valence-electron chi connectivity index (χ3n) is 5.64. The Kier molecular flexibility index (Phi) is 4.53. The van der Waals surface area contributed by atoms with Gasteiger partial charge in [0.1, 0.15) is 5.82 Å². The lowest BCUT2D eigenvalue weighted by Gasteiger charge is -2.37. The maximum Gasteiger partial charge on any atom is 0.225 e. The topological polar surface area (TPSA) is 73.9 Å². The molecule has 25 heavy (non-hydrogen) atoms. The molecule has 1 aromatic heterocycles. The predicted octanol–water partition coefficient (Wildman–Crippen LogP) is 2.03. The van der Waals surface area contributed by atoms with E-state index in [4.69, 9.17) is 0 Å². The first-order valence-corrected chi connectivity index (χ1v) is 9.19. The number of hydrogen-bond donors (Lipinski definition) is 2. The van der Waals surface area contributed by atoms with E-state index in [2.05, 4.69) is 27.4 Å². The summed E-state index contributed by atoms with van der Waals surface area (Å²) in [6.45, 7) is 5.65. The van der Waals surface area contributed by atoms with Gasteiger partial charge in [-0.15, -0.1) is 0 Å². The minimum absolute atomic E-state index is 0.132. The average molecular weight is 339 g/mol. The molecule has 1 unspecified atom stereocenters. The number of carbonyl (C=O) groups is 1. The summed E-state index contributed by atoms with van der Waals surface area (Å²) in [5.41, 5.74) is 1.03. The van der Waals surface area contributed by atoms with Crippen LogP contribution in [0.2, 0.25) is 0 Å². The van der Waals surface area contributed by atoms with Crippen molar-refractivity contribution in [1.82, 2.24) is 25.4 Å². The monoisotopic (exact) mass is 339 g/mol. The lowest BCUT2D eigenvalue weighted by Crippen LogP contribution is -2.51. The summed E-state index contributed by atoms with van der Waals surface area (Å²) >= 11 is 0. The Hall–Kier alpha value is -2.21. The van der Waals surface area contributed by atoms with Crippen molar-refractivity contribution in [2.75, 3.05) is 26.2 Å². The van der Waals surface area contributed by atoms with E-state index in [0.717, 1.165) is 56.2 Å². The van der Waals surface area contributed by atoms with Crippen LogP contribution < -0.4 is 5.32 Å². The van der Waals surface area contributed by atoms with Crippen molar-refractivity contribution in [3.8, 4) is 11.4 Å². The number of carbonyl (C=O) groups excluding carboxylic acids is 1. The molecule has 0 aliphatic carbocycles. The van der Waals surface area contributed by atoms with Crippen molar-refractivity contribution in [1.29, 1.82) is 0 Å². The van der Waals surface area contributed by atoms with Gasteiger partial charge in [-0.2, -0.15) is 5.10 Å². The molecule has 6 heteroatoms. The maximum atomic E-state index is 12.6. The van der Waals surface area contributed by atoms with Crippen LogP contribution in [0, 0.1) is 11.8 Å². The second-order valence-electron chi connectivity index (χ2n) is 7.22. The fraction of sp³-hybridized carbons (Fsp3) is 0.526. The van der Waals surface area contributed by atoms with Crippen molar-refractivity contribution in [3.05, 3.63) is 36.2 Å². The zero-order valence-corrected chi connectivity index (χ0v) is 14.6. The molecule has 1 aromatic carbocycles. The molecule has 2 aliphatic heterocycles. The number of aromatic nitrogens is 3. The van der Waals surface area contributed by atoms with Gasteiger partial charge in [0.15, 0.2) is 5.82 Å². The van der Waals surface area contributed by atoms with Gasteiger partial charge >= 0.3 is 0 Å². The number of likely N-dealkylation sites (tertiary alicyclic amines) is 1. The molecule has 3 heterocycles. The molecule has 2 fully saturated rings. The number of nitrogens with zero attached hydrogens (tertiary/aromatic N) is 3. The van der Waals surface area contributed by atoms with Crippen LogP contribution in [0.4, 0.5) is 0 Å². The molecule has 2 saturated heterocycles. The van der Waals surface area contributed by atoms with Crippen molar-refractivity contribution < 1.29 is 4.79 Å². The molecule has 0 radical (unpaired) electrons. The van der Waals surface area contributed by atoms with Crippen LogP contribution in [0.25, 0.3) is 11.4 Å². The first-order chi connectivity index (χ1) is 12.2. The van der Waals surface area contributed by atoms with E-state index in [0.29, 0.717) is 17.7 Å². The Labute approximate surface area is 148 Å². The third kappa shape index (κ3) is 3.31. The highest BCUT2D eigenvalue weighted by Crippen LogP contribution is 2.28. The van der Waals surface area contributed by atoms with Crippen LogP contribution in [0.3, 0.4) is 0 Å². The molecule has 1 amide bonds. The first kappa shape index (κ1) is 16.3. The summed E-state index contributed by atoms with van der Waals surface area (Å²) in [6, 6.07) is 10.0. The number of rotatable bonds is 4. The highest BCUT2D eigenvalue weighted by molar-refractivity contribution is 5.79. The number of amides is 1. The van der Waals surface area contributed by atoms with E-state index in [-0.39, 0.29) is 5.92 Å². The third-order valence-corrected chi connectivity index (χ3v) is 5.64. The average Bonchev–Trinajstić information content (AvgIpc) is 3.10. The smallest absolute Gasteiger partial charge is 0.225 e. The lowest BCUT2D eigenvalue weighted by atomic mass is 9.87. The van der Waals surface area contributed by atoms with Gasteiger partial charge in [-0.3, -0.25) is 9.89 Å². The standard InChI is InChI=1S/C19H25N5O/c1-13(16-11-20-12-16)19(25)24-9-7-15(8-10-24)18-21-17(22-23-18)14-5-3-2-4-6-14/h2-6,13,15-16,20H,7-12H2,1H3,(H,21,22,23). The van der Waals surface area contributed by atoms with Gasteiger partial charge in [-0.25, -0.2) is 4.98 Å². The Morgan fingerprint density at radius 2 is 1.92 bits per heavy atom. The van der Waals surface area contributed by atoms with Crippen molar-refractivity contribution >= 4 is 5.91 Å². The Bertz CT molecular complexity index is 716. The zero-order valence-electron chi connectivity index (χ0n) is 14.6. The Morgan fingerprint density at radius 1 is 1.20 bits per heavy atom. The highest BCUT2D eigenvalue weighted by Gasteiger charge is 2.33. The fourth-order valence-electron chi connectivity index (χ4n) is 3.70. The van der Waals surface area contributed by atoms with E-state index in [1.54, 1.807) is 0 Å². The van der Waals surface area contributed by atoms with E-state index in [9.17, 15) is 4.79 Å². The molecule has 1 atom stereocenters. The van der Waals surface area contributed by atoms with E-state index < -0.39 is 0 Å². The number of hydrogen-bond acceptors (Lipinski definition) is 4. The van der Waals surface area contributed by atoms with E-state index >= 15 is 0 Å². The van der Waals surface area contributed by atoms with Gasteiger partial charge in [0.2, 0.25) is 5.91 Å². The SMILES string of the molecule is CC(C(=O)N1CCC(c2nc(-c3ccccc3)n[nH]2)CC1)C1CNC1. The van der Waals surface area contributed by atoms with Crippen LogP contribution >= 0.6 is 0 Å². The summed E-state index contributed by atoms with van der Waals surface area (Å²) in [5, 5.41) is 10.7. The van der Waals surface area contributed by atoms with E-state index in [1.807, 2.05) is 35.2 Å². The van der Waals surface area contributed by atoms with Crippen LogP contribution in [-0.2, 0) is 4.79 Å². The highest BCUT2D eigenvalue weighted by atomic mass is 16.2. The molecule has 0 spiro atoms. The molecule has 6 nitrogen and oxygen atoms in total. The molecular weight excluding hydrogens is 314 g/mol. The van der Waals surface area contributed by atoms with Gasteiger partial charge in [-0.05, 0) is 31.8 Å². The van der Waals surface area contributed by atoms with Crippen molar-refractivity contribution in [3.63, 3.8) is 0 Å². The van der Waals surface area contributed by atoms with Crippen LogP contribution in [0.5, 0.6) is 0 Å². The molecule has 2 aliphatic rings. The second kappa shape index (κ2) is 6.96. The maximum absolute atomic E-state index is 12.6. The quantitative estimate of drug-likeness (QED) is 0.894. The number of aromatic amines is 1. The van der Waals surface area contributed by atoms with E-state index in [1.165, 1.54) is 0 Å². The molecule has 2 N–H and O–H groups in total. The molecule has 4 rings (SSSR count). The fourth-order valence-corrected chi connectivity index (χ4v) is 3.70. The molecule has 0 saturated carbocycles. The molecular formula is C19H25N5O. The second-order valence-corrected chi connectivity index (χ2v) is 7.22. The minimum Gasteiger partial charge on any atom is -0.342 e. The predicted molar refractivity (Wildman–Crippen MR) is 95.9 cm³/mol. The summed E-state index contributed by atoms with van der Waals surface area (Å²) in [5.74, 6) is 3.00. The largest absolute Gasteiger partial charge is 0.342 e. The van der Waals surface area contributed by atoms with Gasteiger partial charge in [-0.1, -0.05) is 37.3 Å². The van der Waals surface area contributed by atoms with Crippen LogP contribution in [-0.4, -0.2) is 52.2 Å². The van der Waals surface area contributed by atoms with Crippen LogP contribution in [0.1, 0.15) is 31.5 Å². The number of benzene rings is 1. The Balaban J connectivity index is 1.36. The summed E-state index contributed by atoms with van der Waals surface area (Å²) in [4.78, 5) is 19.3. The van der Waals surface area contributed by atoms with Crippen molar-refractivity contribution in [2.24, 2.45) is 11.8 Å². The summed E-state index contributed by atoms with van der Waals surface area (Å²) < 4.78 is 0. The number of piperidine rings is 1. The summed E-state index contributed by atoms with van der Waals surface area (Å²) in [6.07, 6.45) is 1.90. The molecule has 2 aromatic rings.